The minimum atomic E-state index is -0.270. The molecule has 0 radical (unpaired) electrons. The zero-order valence-corrected chi connectivity index (χ0v) is 13.4. The van der Waals surface area contributed by atoms with E-state index >= 15 is 0 Å². The van der Waals surface area contributed by atoms with E-state index in [9.17, 15) is 4.39 Å². The second-order valence-corrected chi connectivity index (χ2v) is 5.68. The molecule has 0 aliphatic carbocycles. The molecule has 0 spiro atoms. The third-order valence-electron chi connectivity index (χ3n) is 3.95. The first kappa shape index (κ1) is 15.2. The smallest absolute Gasteiger partial charge is 0.135 e. The summed E-state index contributed by atoms with van der Waals surface area (Å²) in [6.07, 6.45) is 7.09. The normalized spacial score (nSPS) is 10.8. The lowest BCUT2D eigenvalue weighted by Gasteiger charge is -2.09. The molecule has 0 aliphatic heterocycles. The number of halogens is 1. The number of nitrogens with one attached hydrogen (secondary N) is 1. The van der Waals surface area contributed by atoms with Crippen molar-refractivity contribution in [3.63, 3.8) is 0 Å². The number of benzene rings is 1. The average molecular weight is 330 g/mol. The Morgan fingerprint density at radius 3 is 2.72 bits per heavy atom. The molecule has 0 bridgehead atoms. The lowest BCUT2D eigenvalue weighted by atomic mass is 10.1. The van der Waals surface area contributed by atoms with Crippen molar-refractivity contribution in [1.29, 1.82) is 0 Å². The van der Waals surface area contributed by atoms with E-state index in [1.165, 1.54) is 12.1 Å². The standard InChI is InChI=1S/C20H15FN4/c21-17-5-1-4-16(9-17)19-10-15-6-8-23-20(18(15)13-24-19)25-12-14-3-2-7-22-11-14/h1-11,13H,12H2,(H,23,25). The Bertz CT molecular complexity index is 1020. The molecule has 3 heterocycles. The van der Waals surface area contributed by atoms with Gasteiger partial charge in [0, 0.05) is 42.3 Å². The summed E-state index contributed by atoms with van der Waals surface area (Å²) in [5, 5.41) is 5.24. The topological polar surface area (TPSA) is 50.7 Å². The molecular weight excluding hydrogens is 315 g/mol. The van der Waals surface area contributed by atoms with Gasteiger partial charge in [-0.05, 0) is 41.3 Å². The first-order chi connectivity index (χ1) is 12.3. The van der Waals surface area contributed by atoms with Crippen LogP contribution in [0.4, 0.5) is 10.2 Å². The molecule has 0 fully saturated rings. The van der Waals surface area contributed by atoms with Crippen LogP contribution in [-0.4, -0.2) is 15.0 Å². The van der Waals surface area contributed by atoms with Crippen molar-refractivity contribution in [3.05, 3.63) is 84.7 Å². The van der Waals surface area contributed by atoms with Crippen molar-refractivity contribution in [1.82, 2.24) is 15.0 Å². The Balaban J connectivity index is 1.66. The Kier molecular flexibility index (Phi) is 4.04. The summed E-state index contributed by atoms with van der Waals surface area (Å²) in [7, 11) is 0. The molecule has 0 atom stereocenters. The van der Waals surface area contributed by atoms with Gasteiger partial charge < -0.3 is 5.32 Å². The van der Waals surface area contributed by atoms with Crippen LogP contribution in [0.15, 0.2) is 73.3 Å². The van der Waals surface area contributed by atoms with Crippen LogP contribution in [0.5, 0.6) is 0 Å². The fourth-order valence-corrected chi connectivity index (χ4v) is 2.70. The van der Waals surface area contributed by atoms with Crippen molar-refractivity contribution in [3.8, 4) is 11.3 Å². The molecular formula is C20H15FN4. The Morgan fingerprint density at radius 2 is 1.88 bits per heavy atom. The molecule has 0 unspecified atom stereocenters. The van der Waals surface area contributed by atoms with E-state index in [-0.39, 0.29) is 5.82 Å². The molecule has 1 N–H and O–H groups in total. The Labute approximate surface area is 144 Å². The van der Waals surface area contributed by atoms with Gasteiger partial charge in [0.25, 0.3) is 0 Å². The molecule has 1 aromatic carbocycles. The van der Waals surface area contributed by atoms with Gasteiger partial charge in [-0.25, -0.2) is 9.37 Å². The van der Waals surface area contributed by atoms with Gasteiger partial charge >= 0.3 is 0 Å². The first-order valence-corrected chi connectivity index (χ1v) is 7.93. The molecule has 5 heteroatoms. The first-order valence-electron chi connectivity index (χ1n) is 7.93. The van der Waals surface area contributed by atoms with Gasteiger partial charge in [0.05, 0.1) is 5.69 Å². The molecule has 122 valence electrons. The third-order valence-corrected chi connectivity index (χ3v) is 3.95. The summed E-state index contributed by atoms with van der Waals surface area (Å²) in [6, 6.07) is 14.2. The summed E-state index contributed by atoms with van der Waals surface area (Å²) < 4.78 is 13.4. The van der Waals surface area contributed by atoms with Crippen molar-refractivity contribution >= 4 is 16.6 Å². The number of fused-ring (bicyclic) bond motifs is 1. The molecule has 3 aromatic heterocycles. The third kappa shape index (κ3) is 3.30. The predicted octanol–water partition coefficient (Wildman–Crippen LogP) is 4.44. The number of aromatic nitrogens is 3. The highest BCUT2D eigenvalue weighted by Gasteiger charge is 2.06. The van der Waals surface area contributed by atoms with Gasteiger partial charge in [0.2, 0.25) is 0 Å². The SMILES string of the molecule is Fc1cccc(-c2cc3ccnc(NCc4cccnc4)c3cn2)c1. The minimum absolute atomic E-state index is 0.270. The van der Waals surface area contributed by atoms with Crippen LogP contribution in [0.3, 0.4) is 0 Å². The lowest BCUT2D eigenvalue weighted by molar-refractivity contribution is 0.628. The minimum Gasteiger partial charge on any atom is -0.365 e. The number of pyridine rings is 3. The van der Waals surface area contributed by atoms with E-state index < -0.39 is 0 Å². The van der Waals surface area contributed by atoms with Gasteiger partial charge in [0.15, 0.2) is 0 Å². The van der Waals surface area contributed by atoms with Gasteiger partial charge in [-0.15, -0.1) is 0 Å². The average Bonchev–Trinajstić information content (AvgIpc) is 2.66. The predicted molar refractivity (Wildman–Crippen MR) is 96.5 cm³/mol. The Hall–Kier alpha value is -3.34. The molecule has 4 nitrogen and oxygen atoms in total. The van der Waals surface area contributed by atoms with Gasteiger partial charge in [0.1, 0.15) is 11.6 Å². The number of hydrogen-bond donors (Lipinski definition) is 1. The highest BCUT2D eigenvalue weighted by Crippen LogP contribution is 2.26. The van der Waals surface area contributed by atoms with Crippen LogP contribution in [0.1, 0.15) is 5.56 Å². The second kappa shape index (κ2) is 6.65. The van der Waals surface area contributed by atoms with E-state index in [1.807, 2.05) is 36.5 Å². The number of nitrogens with zero attached hydrogens (tertiary/aromatic N) is 3. The molecule has 0 amide bonds. The van der Waals surface area contributed by atoms with E-state index in [4.69, 9.17) is 0 Å². The highest BCUT2D eigenvalue weighted by atomic mass is 19.1. The maximum atomic E-state index is 13.4. The zero-order chi connectivity index (χ0) is 17.1. The summed E-state index contributed by atoms with van der Waals surface area (Å²) in [5.41, 5.74) is 2.56. The molecule has 0 saturated heterocycles. The van der Waals surface area contributed by atoms with Crippen LogP contribution in [-0.2, 0) is 6.54 Å². The quantitative estimate of drug-likeness (QED) is 0.601. The van der Waals surface area contributed by atoms with E-state index in [2.05, 4.69) is 20.3 Å². The number of rotatable bonds is 4. The molecule has 0 saturated carbocycles. The molecule has 25 heavy (non-hydrogen) atoms. The van der Waals surface area contributed by atoms with Gasteiger partial charge in [-0.3, -0.25) is 9.97 Å². The van der Waals surface area contributed by atoms with Crippen LogP contribution in [0.2, 0.25) is 0 Å². The van der Waals surface area contributed by atoms with Gasteiger partial charge in [-0.1, -0.05) is 18.2 Å². The lowest BCUT2D eigenvalue weighted by Crippen LogP contribution is -2.02. The number of anilines is 1. The second-order valence-electron chi connectivity index (χ2n) is 5.68. The van der Waals surface area contributed by atoms with Crippen molar-refractivity contribution in [2.75, 3.05) is 5.32 Å². The largest absolute Gasteiger partial charge is 0.365 e. The molecule has 4 rings (SSSR count). The van der Waals surface area contributed by atoms with Crippen LogP contribution >= 0.6 is 0 Å². The van der Waals surface area contributed by atoms with Crippen LogP contribution in [0, 0.1) is 5.82 Å². The fraction of sp³-hybridized carbons (Fsp3) is 0.0500. The monoisotopic (exact) mass is 330 g/mol. The zero-order valence-electron chi connectivity index (χ0n) is 13.4. The highest BCUT2D eigenvalue weighted by molar-refractivity contribution is 5.93. The van der Waals surface area contributed by atoms with Crippen LogP contribution < -0.4 is 5.32 Å². The summed E-state index contributed by atoms with van der Waals surface area (Å²) in [4.78, 5) is 13.0. The van der Waals surface area contributed by atoms with Crippen molar-refractivity contribution in [2.45, 2.75) is 6.54 Å². The van der Waals surface area contributed by atoms with E-state index in [0.717, 1.165) is 33.4 Å². The van der Waals surface area contributed by atoms with Gasteiger partial charge in [-0.2, -0.15) is 0 Å². The summed E-state index contributed by atoms with van der Waals surface area (Å²) >= 11 is 0. The van der Waals surface area contributed by atoms with Crippen LogP contribution in [0.25, 0.3) is 22.0 Å². The van der Waals surface area contributed by atoms with E-state index in [1.54, 1.807) is 24.7 Å². The molecule has 0 aliphatic rings. The Morgan fingerprint density at radius 1 is 0.920 bits per heavy atom. The molecule has 4 aromatic rings. The maximum absolute atomic E-state index is 13.4. The van der Waals surface area contributed by atoms with Crippen molar-refractivity contribution in [2.24, 2.45) is 0 Å². The fourth-order valence-electron chi connectivity index (χ4n) is 2.70. The van der Waals surface area contributed by atoms with E-state index in [0.29, 0.717) is 6.54 Å². The maximum Gasteiger partial charge on any atom is 0.135 e. The van der Waals surface area contributed by atoms with Crippen molar-refractivity contribution < 1.29 is 4.39 Å². The summed E-state index contributed by atoms with van der Waals surface area (Å²) in [6.45, 7) is 0.631. The summed E-state index contributed by atoms with van der Waals surface area (Å²) in [5.74, 6) is 0.493. The number of hydrogen-bond acceptors (Lipinski definition) is 4.